The highest BCUT2D eigenvalue weighted by Gasteiger charge is 2.10. The Morgan fingerprint density at radius 2 is 2.13 bits per heavy atom. The molecule has 0 fully saturated rings. The number of nitrogens with two attached hydrogens (primary N) is 1. The van der Waals surface area contributed by atoms with E-state index in [-0.39, 0.29) is 6.04 Å². The Labute approximate surface area is 88.0 Å². The number of nitrogens with zero attached hydrogens (tertiary/aromatic N) is 4. The quantitative estimate of drug-likeness (QED) is 0.786. The molecule has 2 aromatic rings. The van der Waals surface area contributed by atoms with Crippen molar-refractivity contribution >= 4 is 0 Å². The van der Waals surface area contributed by atoms with Crippen molar-refractivity contribution in [3.63, 3.8) is 0 Å². The average molecular weight is 203 g/mol. The third-order valence-electron chi connectivity index (χ3n) is 2.12. The predicted octanol–water partition coefficient (Wildman–Crippen LogP) is 0.453. The minimum absolute atomic E-state index is 0.193. The van der Waals surface area contributed by atoms with Gasteiger partial charge in [0.25, 0.3) is 0 Å². The third kappa shape index (κ3) is 2.38. The zero-order valence-electron chi connectivity index (χ0n) is 8.54. The Morgan fingerprint density at radius 3 is 2.73 bits per heavy atom. The van der Waals surface area contributed by atoms with Gasteiger partial charge >= 0.3 is 0 Å². The molecule has 1 atom stereocenters. The molecule has 2 N–H and O–H groups in total. The van der Waals surface area contributed by atoms with Crippen LogP contribution in [-0.2, 0) is 13.5 Å². The molecule has 0 amide bonds. The average Bonchev–Trinajstić information content (AvgIpc) is 2.65. The van der Waals surface area contributed by atoms with Crippen LogP contribution in [0.2, 0.25) is 0 Å². The van der Waals surface area contributed by atoms with Crippen molar-refractivity contribution in [1.29, 1.82) is 0 Å². The van der Waals surface area contributed by atoms with Gasteiger partial charge in [-0.05, 0) is 12.1 Å². The molecule has 0 radical (unpaired) electrons. The van der Waals surface area contributed by atoms with E-state index in [1.807, 2.05) is 19.3 Å². The van der Waals surface area contributed by atoms with Gasteiger partial charge in [0.2, 0.25) is 0 Å². The highest BCUT2D eigenvalue weighted by molar-refractivity contribution is 5.05. The highest BCUT2D eigenvalue weighted by Crippen LogP contribution is 2.09. The second-order valence-electron chi connectivity index (χ2n) is 3.40. The van der Waals surface area contributed by atoms with Gasteiger partial charge in [-0.15, -0.1) is 0 Å². The number of aryl methyl sites for hydroxylation is 1. The molecular formula is C10H13N5. The Morgan fingerprint density at radius 1 is 1.40 bits per heavy atom. The Balaban J connectivity index is 2.07. The molecular weight excluding hydrogens is 190 g/mol. The smallest absolute Gasteiger partial charge is 0.145 e. The number of hydrogen-bond donors (Lipinski definition) is 1. The van der Waals surface area contributed by atoms with Crippen molar-refractivity contribution in [2.75, 3.05) is 0 Å². The molecule has 0 aliphatic rings. The lowest BCUT2D eigenvalue weighted by Gasteiger charge is -2.07. The van der Waals surface area contributed by atoms with Crippen molar-refractivity contribution in [1.82, 2.24) is 19.7 Å². The van der Waals surface area contributed by atoms with Crippen LogP contribution in [0.3, 0.4) is 0 Å². The van der Waals surface area contributed by atoms with Crippen LogP contribution in [0.25, 0.3) is 0 Å². The van der Waals surface area contributed by atoms with Crippen LogP contribution in [0.15, 0.2) is 30.7 Å². The molecule has 0 saturated heterocycles. The maximum atomic E-state index is 5.96. The second kappa shape index (κ2) is 4.18. The summed E-state index contributed by atoms with van der Waals surface area (Å²) in [6, 6.07) is 3.53. The van der Waals surface area contributed by atoms with Gasteiger partial charge in [-0.2, -0.15) is 5.10 Å². The molecule has 1 unspecified atom stereocenters. The minimum Gasteiger partial charge on any atom is -0.321 e. The van der Waals surface area contributed by atoms with E-state index in [0.29, 0.717) is 12.2 Å². The van der Waals surface area contributed by atoms with Crippen LogP contribution in [-0.4, -0.2) is 19.7 Å². The minimum atomic E-state index is -0.193. The summed E-state index contributed by atoms with van der Waals surface area (Å²) in [6.45, 7) is 0. The first-order chi connectivity index (χ1) is 7.25. The standard InChI is InChI=1S/C10H13N5/c1-15-6-3-8(14-15)7-9(11)10-12-4-2-5-13-10/h2-6,9H,7,11H2,1H3. The molecule has 2 rings (SSSR count). The normalized spacial score (nSPS) is 12.7. The van der Waals surface area contributed by atoms with Gasteiger partial charge in [-0.1, -0.05) is 0 Å². The fraction of sp³-hybridized carbons (Fsp3) is 0.300. The Bertz CT molecular complexity index is 422. The summed E-state index contributed by atoms with van der Waals surface area (Å²) in [4.78, 5) is 8.22. The molecule has 0 aliphatic heterocycles. The zero-order valence-corrected chi connectivity index (χ0v) is 8.54. The highest BCUT2D eigenvalue weighted by atomic mass is 15.2. The largest absolute Gasteiger partial charge is 0.321 e. The zero-order chi connectivity index (χ0) is 10.7. The van der Waals surface area contributed by atoms with Gasteiger partial charge in [0, 0.05) is 32.1 Å². The number of hydrogen-bond acceptors (Lipinski definition) is 4. The van der Waals surface area contributed by atoms with Crippen LogP contribution >= 0.6 is 0 Å². The van der Waals surface area contributed by atoms with E-state index in [0.717, 1.165) is 5.69 Å². The first-order valence-corrected chi connectivity index (χ1v) is 4.77. The van der Waals surface area contributed by atoms with Crippen molar-refractivity contribution in [3.05, 3.63) is 42.2 Å². The molecule has 0 spiro atoms. The topological polar surface area (TPSA) is 69.6 Å². The van der Waals surface area contributed by atoms with Gasteiger partial charge in [0.05, 0.1) is 11.7 Å². The maximum absolute atomic E-state index is 5.96. The Hall–Kier alpha value is -1.75. The third-order valence-corrected chi connectivity index (χ3v) is 2.12. The molecule has 15 heavy (non-hydrogen) atoms. The van der Waals surface area contributed by atoms with E-state index in [1.54, 1.807) is 23.1 Å². The molecule has 78 valence electrons. The molecule has 2 aromatic heterocycles. The summed E-state index contributed by atoms with van der Waals surface area (Å²) in [7, 11) is 1.88. The molecule has 0 saturated carbocycles. The first kappa shape index (κ1) is 9.79. The molecule has 0 aliphatic carbocycles. The summed E-state index contributed by atoms with van der Waals surface area (Å²) >= 11 is 0. The van der Waals surface area contributed by atoms with Crippen molar-refractivity contribution in [3.8, 4) is 0 Å². The van der Waals surface area contributed by atoms with Crippen molar-refractivity contribution < 1.29 is 0 Å². The van der Waals surface area contributed by atoms with E-state index in [2.05, 4.69) is 15.1 Å². The van der Waals surface area contributed by atoms with E-state index in [4.69, 9.17) is 5.73 Å². The molecule has 0 aromatic carbocycles. The summed E-state index contributed by atoms with van der Waals surface area (Å²) in [6.07, 6.45) is 5.94. The monoisotopic (exact) mass is 203 g/mol. The van der Waals surface area contributed by atoms with Crippen LogP contribution in [0.1, 0.15) is 17.6 Å². The van der Waals surface area contributed by atoms with Gasteiger partial charge in [-0.25, -0.2) is 9.97 Å². The van der Waals surface area contributed by atoms with E-state index in [1.165, 1.54) is 0 Å². The van der Waals surface area contributed by atoms with Gasteiger partial charge in [-0.3, -0.25) is 4.68 Å². The lowest BCUT2D eigenvalue weighted by atomic mass is 10.1. The number of rotatable bonds is 3. The van der Waals surface area contributed by atoms with Crippen LogP contribution in [0, 0.1) is 0 Å². The second-order valence-corrected chi connectivity index (χ2v) is 3.40. The van der Waals surface area contributed by atoms with Crippen LogP contribution in [0.4, 0.5) is 0 Å². The van der Waals surface area contributed by atoms with Crippen LogP contribution in [0.5, 0.6) is 0 Å². The lowest BCUT2D eigenvalue weighted by molar-refractivity contribution is 0.640. The van der Waals surface area contributed by atoms with Gasteiger partial charge < -0.3 is 5.73 Å². The van der Waals surface area contributed by atoms with Crippen molar-refractivity contribution in [2.24, 2.45) is 12.8 Å². The summed E-state index contributed by atoms with van der Waals surface area (Å²) in [5.41, 5.74) is 6.92. The number of aromatic nitrogens is 4. The van der Waals surface area contributed by atoms with Crippen molar-refractivity contribution in [2.45, 2.75) is 12.5 Å². The molecule has 5 heteroatoms. The molecule has 2 heterocycles. The van der Waals surface area contributed by atoms with E-state index in [9.17, 15) is 0 Å². The summed E-state index contributed by atoms with van der Waals surface area (Å²) in [5.74, 6) is 0.656. The fourth-order valence-electron chi connectivity index (χ4n) is 1.39. The summed E-state index contributed by atoms with van der Waals surface area (Å²) < 4.78 is 1.76. The fourth-order valence-corrected chi connectivity index (χ4v) is 1.39. The van der Waals surface area contributed by atoms with Crippen LogP contribution < -0.4 is 5.73 Å². The summed E-state index contributed by atoms with van der Waals surface area (Å²) in [5, 5.41) is 4.26. The SMILES string of the molecule is Cn1ccc(CC(N)c2ncccn2)n1. The molecule has 0 bridgehead atoms. The van der Waals surface area contributed by atoms with E-state index >= 15 is 0 Å². The lowest BCUT2D eigenvalue weighted by Crippen LogP contribution is -2.16. The van der Waals surface area contributed by atoms with Gasteiger partial charge in [0.1, 0.15) is 5.82 Å². The first-order valence-electron chi connectivity index (χ1n) is 4.77. The van der Waals surface area contributed by atoms with Gasteiger partial charge in [0.15, 0.2) is 0 Å². The van der Waals surface area contributed by atoms with E-state index < -0.39 is 0 Å². The Kier molecular flexibility index (Phi) is 2.73. The maximum Gasteiger partial charge on any atom is 0.145 e. The molecule has 5 nitrogen and oxygen atoms in total. The predicted molar refractivity (Wildman–Crippen MR) is 55.9 cm³/mol.